The van der Waals surface area contributed by atoms with Gasteiger partial charge >= 0.3 is 13.8 Å². The molecule has 314 valence electrons. The van der Waals surface area contributed by atoms with Gasteiger partial charge in [0.2, 0.25) is 0 Å². The molecule has 0 rings (SSSR count). The van der Waals surface area contributed by atoms with Crippen LogP contribution >= 0.6 is 7.82 Å². The van der Waals surface area contributed by atoms with Crippen LogP contribution in [0.5, 0.6) is 0 Å². The molecule has 0 aliphatic heterocycles. The first kappa shape index (κ1) is 51.9. The molecule has 9 nitrogen and oxygen atoms in total. The summed E-state index contributed by atoms with van der Waals surface area (Å²) in [4.78, 5) is 22.5. The number of aliphatic hydroxyl groups is 2. The van der Waals surface area contributed by atoms with E-state index in [1.54, 1.807) is 0 Å². The van der Waals surface area contributed by atoms with E-state index in [2.05, 4.69) is 38.2 Å². The predicted octanol–water partition coefficient (Wildman–Crippen LogP) is 11.9. The minimum absolute atomic E-state index is 0.0510. The smallest absolute Gasteiger partial charge is 0.457 e. The zero-order chi connectivity index (χ0) is 38.9. The van der Waals surface area contributed by atoms with Gasteiger partial charge in [-0.25, -0.2) is 4.57 Å². The molecule has 0 bridgehead atoms. The molecule has 0 aromatic rings. The average Bonchev–Trinajstić information content (AvgIpc) is 3.15. The zero-order valence-corrected chi connectivity index (χ0v) is 35.1. The second kappa shape index (κ2) is 40.6. The van der Waals surface area contributed by atoms with Gasteiger partial charge in [-0.1, -0.05) is 173 Å². The lowest BCUT2D eigenvalue weighted by Gasteiger charge is -2.20. The molecule has 0 heterocycles. The molecular formula is C43H83O9P. The molecule has 0 amide bonds. The first-order chi connectivity index (χ1) is 25.8. The molecule has 10 heteroatoms. The monoisotopic (exact) mass is 775 g/mol. The molecule has 0 radical (unpaired) electrons. The van der Waals surface area contributed by atoms with Crippen molar-refractivity contribution < 1.29 is 43.0 Å². The quantitative estimate of drug-likeness (QED) is 0.0240. The third kappa shape index (κ3) is 40.4. The molecule has 0 aromatic carbocycles. The Morgan fingerprint density at radius 2 is 1.02 bits per heavy atom. The Kier molecular flexibility index (Phi) is 39.8. The summed E-state index contributed by atoms with van der Waals surface area (Å²) >= 11 is 0. The molecule has 53 heavy (non-hydrogen) atoms. The fraction of sp³-hybridized carbons (Fsp3) is 0.884. The van der Waals surface area contributed by atoms with E-state index in [0.29, 0.717) is 6.61 Å². The van der Waals surface area contributed by atoms with Crippen LogP contribution in [0.4, 0.5) is 0 Å². The number of aliphatic hydroxyl groups excluding tert-OH is 2. The maximum atomic E-state index is 12.6. The Bertz CT molecular complexity index is 882. The van der Waals surface area contributed by atoms with Crippen LogP contribution in [0.1, 0.15) is 200 Å². The summed E-state index contributed by atoms with van der Waals surface area (Å²) in [6, 6.07) is 0. The van der Waals surface area contributed by atoms with Crippen LogP contribution < -0.4 is 0 Å². The topological polar surface area (TPSA) is 132 Å². The summed E-state index contributed by atoms with van der Waals surface area (Å²) in [7, 11) is -4.51. The fourth-order valence-electron chi connectivity index (χ4n) is 6.03. The summed E-state index contributed by atoms with van der Waals surface area (Å²) < 4.78 is 33.3. The van der Waals surface area contributed by atoms with Crippen LogP contribution in [0.3, 0.4) is 0 Å². The lowest BCUT2D eigenvalue weighted by atomic mass is 10.0. The maximum Gasteiger partial charge on any atom is 0.472 e. The van der Waals surface area contributed by atoms with E-state index >= 15 is 0 Å². The number of ether oxygens (including phenoxy) is 2. The first-order valence-corrected chi connectivity index (χ1v) is 23.3. The first-order valence-electron chi connectivity index (χ1n) is 21.8. The Hall–Kier alpha value is -1.06. The molecule has 0 fully saturated rings. The van der Waals surface area contributed by atoms with E-state index < -0.39 is 33.2 Å². The van der Waals surface area contributed by atoms with E-state index in [-0.39, 0.29) is 25.6 Å². The van der Waals surface area contributed by atoms with Crippen molar-refractivity contribution in [3.05, 3.63) is 24.3 Å². The Morgan fingerprint density at radius 3 is 1.55 bits per heavy atom. The summed E-state index contributed by atoms with van der Waals surface area (Å²) in [6.07, 6.45) is 41.3. The van der Waals surface area contributed by atoms with Crippen molar-refractivity contribution in [3.63, 3.8) is 0 Å². The molecule has 0 aliphatic carbocycles. The number of phosphoric acid groups is 1. The average molecular weight is 775 g/mol. The Morgan fingerprint density at radius 1 is 0.585 bits per heavy atom. The van der Waals surface area contributed by atoms with Gasteiger partial charge in [-0.05, 0) is 44.9 Å². The van der Waals surface area contributed by atoms with Crippen molar-refractivity contribution in [2.24, 2.45) is 0 Å². The zero-order valence-electron chi connectivity index (χ0n) is 34.2. The van der Waals surface area contributed by atoms with Gasteiger partial charge in [0.15, 0.2) is 0 Å². The van der Waals surface area contributed by atoms with Gasteiger partial charge in [-0.15, -0.1) is 0 Å². The second-order valence-corrected chi connectivity index (χ2v) is 16.2. The van der Waals surface area contributed by atoms with E-state index in [4.69, 9.17) is 23.6 Å². The molecule has 3 N–H and O–H groups in total. The van der Waals surface area contributed by atoms with E-state index in [0.717, 1.165) is 44.9 Å². The summed E-state index contributed by atoms with van der Waals surface area (Å²) in [6.45, 7) is 3.51. The number of hydrogen-bond donors (Lipinski definition) is 3. The largest absolute Gasteiger partial charge is 0.472 e. The Balaban J connectivity index is 4.10. The highest BCUT2D eigenvalue weighted by Gasteiger charge is 2.26. The van der Waals surface area contributed by atoms with Gasteiger partial charge in [-0.3, -0.25) is 13.8 Å². The van der Waals surface area contributed by atoms with Gasteiger partial charge in [0.25, 0.3) is 0 Å². The number of carbonyl (C=O) groups excluding carboxylic acids is 1. The molecule has 0 spiro atoms. The summed E-state index contributed by atoms with van der Waals surface area (Å²) in [5, 5.41) is 18.3. The second-order valence-electron chi connectivity index (χ2n) is 14.7. The van der Waals surface area contributed by atoms with Crippen molar-refractivity contribution in [3.8, 4) is 0 Å². The van der Waals surface area contributed by atoms with E-state index in [1.165, 1.54) is 135 Å². The van der Waals surface area contributed by atoms with Crippen LogP contribution in [0.2, 0.25) is 0 Å². The SMILES string of the molecule is CCCCC/C=C\C/C=C\CCCCCCCCCCCCOCC(COP(=O)(O)OCC(O)CO)OC(=O)CCCCCCCCCCCCCC. The highest BCUT2D eigenvalue weighted by atomic mass is 31.2. The van der Waals surface area contributed by atoms with Crippen LogP contribution in [0.15, 0.2) is 24.3 Å². The summed E-state index contributed by atoms with van der Waals surface area (Å²) in [5.41, 5.74) is 0. The van der Waals surface area contributed by atoms with Crippen molar-refractivity contribution in [2.45, 2.75) is 212 Å². The number of rotatable bonds is 42. The highest BCUT2D eigenvalue weighted by Crippen LogP contribution is 2.43. The van der Waals surface area contributed by atoms with Gasteiger partial charge in [0, 0.05) is 13.0 Å². The number of allylic oxidation sites excluding steroid dienone is 4. The van der Waals surface area contributed by atoms with Crippen molar-refractivity contribution >= 4 is 13.8 Å². The fourth-order valence-corrected chi connectivity index (χ4v) is 6.82. The number of phosphoric ester groups is 1. The lowest BCUT2D eigenvalue weighted by Crippen LogP contribution is -2.29. The van der Waals surface area contributed by atoms with E-state index in [9.17, 15) is 19.4 Å². The molecule has 0 saturated carbocycles. The molecule has 0 saturated heterocycles. The van der Waals surface area contributed by atoms with Crippen LogP contribution in [-0.4, -0.2) is 66.3 Å². The third-order valence-electron chi connectivity index (χ3n) is 9.39. The molecule has 0 aliphatic rings. The number of esters is 1. The lowest BCUT2D eigenvalue weighted by molar-refractivity contribution is -0.154. The normalized spacial score (nSPS) is 14.3. The molecule has 3 unspecified atom stereocenters. The maximum absolute atomic E-state index is 12.6. The highest BCUT2D eigenvalue weighted by molar-refractivity contribution is 7.47. The van der Waals surface area contributed by atoms with Gasteiger partial charge < -0.3 is 24.6 Å². The van der Waals surface area contributed by atoms with Crippen LogP contribution in [-0.2, 0) is 27.9 Å². The molecular weight excluding hydrogens is 691 g/mol. The van der Waals surface area contributed by atoms with Crippen LogP contribution in [0.25, 0.3) is 0 Å². The minimum atomic E-state index is -4.51. The van der Waals surface area contributed by atoms with E-state index in [1.807, 2.05) is 0 Å². The number of carbonyl (C=O) groups is 1. The third-order valence-corrected chi connectivity index (χ3v) is 10.3. The van der Waals surface area contributed by atoms with Crippen molar-refractivity contribution in [1.82, 2.24) is 0 Å². The Labute approximate surface area is 325 Å². The van der Waals surface area contributed by atoms with Gasteiger partial charge in [-0.2, -0.15) is 0 Å². The van der Waals surface area contributed by atoms with Gasteiger partial charge in [0.05, 0.1) is 26.4 Å². The van der Waals surface area contributed by atoms with Crippen molar-refractivity contribution in [1.29, 1.82) is 0 Å². The summed E-state index contributed by atoms with van der Waals surface area (Å²) in [5.74, 6) is -0.382. The van der Waals surface area contributed by atoms with Gasteiger partial charge in [0.1, 0.15) is 12.2 Å². The molecule has 3 atom stereocenters. The minimum Gasteiger partial charge on any atom is -0.457 e. The predicted molar refractivity (Wildman–Crippen MR) is 219 cm³/mol. The number of hydrogen-bond acceptors (Lipinski definition) is 8. The number of unbranched alkanes of at least 4 members (excludes halogenated alkanes) is 24. The standard InChI is InChI=1S/C43H83O9P/c1-3-5-7-9-11-13-15-17-18-19-20-21-22-23-24-26-28-30-32-34-36-49-39-42(40-51-53(47,48)50-38-41(45)37-44)52-43(46)35-33-31-29-27-25-16-14-12-10-8-6-4-2/h11,13,17-18,41-42,44-45H,3-10,12,14-16,19-40H2,1-2H3,(H,47,48)/b13-11-,18-17-. The van der Waals surface area contributed by atoms with Crippen LogP contribution in [0, 0.1) is 0 Å². The molecule has 0 aromatic heterocycles. The van der Waals surface area contributed by atoms with Crippen molar-refractivity contribution in [2.75, 3.05) is 33.0 Å².